The van der Waals surface area contributed by atoms with E-state index in [-0.39, 0.29) is 6.42 Å². The number of aliphatic hydroxyl groups excluding tert-OH is 1. The van der Waals surface area contributed by atoms with Crippen LogP contribution in [0.3, 0.4) is 0 Å². The number of unbranched alkanes of at least 4 members (excludes halogenated alkanes) is 18. The molecular weight excluding hydrogens is 432 g/mol. The normalized spacial score (nSPS) is 12.8. The summed E-state index contributed by atoms with van der Waals surface area (Å²) in [5.74, 6) is -2.43. The monoisotopic (exact) mass is 484 g/mol. The number of carbonyl (C=O) groups excluding carboxylic acids is 3. The van der Waals surface area contributed by atoms with Crippen LogP contribution in [0.15, 0.2) is 0 Å². The van der Waals surface area contributed by atoms with Crippen LogP contribution in [0.2, 0.25) is 0 Å². The number of hydrogen-bond acceptors (Lipinski definition) is 6. The number of hydrogen-bond donors (Lipinski definition) is 1. The van der Waals surface area contributed by atoms with Gasteiger partial charge in [0.1, 0.15) is 6.10 Å². The molecule has 2 atom stereocenters. The van der Waals surface area contributed by atoms with Crippen LogP contribution in [0.4, 0.5) is 0 Å². The molecule has 0 aliphatic carbocycles. The van der Waals surface area contributed by atoms with E-state index in [1.54, 1.807) is 0 Å². The zero-order chi connectivity index (χ0) is 25.4. The Morgan fingerprint density at radius 3 is 1.29 bits per heavy atom. The third kappa shape index (κ3) is 21.1. The number of esters is 3. The Morgan fingerprint density at radius 2 is 0.941 bits per heavy atom. The maximum atomic E-state index is 11.7. The third-order valence-electron chi connectivity index (χ3n) is 6.16. The minimum atomic E-state index is -1.32. The molecule has 34 heavy (non-hydrogen) atoms. The summed E-state index contributed by atoms with van der Waals surface area (Å²) in [6.45, 7) is 4.82. The predicted molar refractivity (Wildman–Crippen MR) is 136 cm³/mol. The van der Waals surface area contributed by atoms with Gasteiger partial charge in [-0.2, -0.15) is 0 Å². The molecule has 0 aliphatic heterocycles. The first kappa shape index (κ1) is 32.6. The maximum Gasteiger partial charge on any atom is 0.354 e. The SMILES string of the molecule is CCCCCCCCCCCCCCCCCCCCCC(=O)OC(=O)C(C)OC(=O)C(C)O. The Labute approximate surface area is 208 Å². The summed E-state index contributed by atoms with van der Waals surface area (Å²) in [7, 11) is 0. The van der Waals surface area contributed by atoms with Crippen LogP contribution < -0.4 is 0 Å². The molecule has 0 amide bonds. The quantitative estimate of drug-likeness (QED) is 0.0937. The lowest BCUT2D eigenvalue weighted by Gasteiger charge is -2.12. The van der Waals surface area contributed by atoms with Crippen LogP contribution in [0.25, 0.3) is 0 Å². The molecule has 0 aromatic heterocycles. The van der Waals surface area contributed by atoms with E-state index in [2.05, 4.69) is 6.92 Å². The van der Waals surface area contributed by atoms with Crippen molar-refractivity contribution in [3.05, 3.63) is 0 Å². The van der Waals surface area contributed by atoms with Gasteiger partial charge in [0.25, 0.3) is 0 Å². The molecule has 6 heteroatoms. The van der Waals surface area contributed by atoms with Gasteiger partial charge in [-0.3, -0.25) is 4.79 Å². The van der Waals surface area contributed by atoms with Gasteiger partial charge in [-0.15, -0.1) is 0 Å². The molecular formula is C28H52O6. The van der Waals surface area contributed by atoms with Crippen molar-refractivity contribution in [2.45, 2.75) is 161 Å². The highest BCUT2D eigenvalue weighted by molar-refractivity contribution is 5.89. The molecule has 200 valence electrons. The molecule has 2 unspecified atom stereocenters. The molecule has 0 heterocycles. The van der Waals surface area contributed by atoms with E-state index in [4.69, 9.17) is 14.6 Å². The summed E-state index contributed by atoms with van der Waals surface area (Å²) >= 11 is 0. The number of ether oxygens (including phenoxy) is 2. The molecule has 0 saturated heterocycles. The Hall–Kier alpha value is -1.43. The summed E-state index contributed by atoms with van der Waals surface area (Å²) in [5.41, 5.74) is 0. The second-order valence-electron chi connectivity index (χ2n) is 9.66. The number of carbonyl (C=O) groups is 3. The van der Waals surface area contributed by atoms with Crippen molar-refractivity contribution in [2.75, 3.05) is 0 Å². The highest BCUT2D eigenvalue weighted by atomic mass is 16.6. The van der Waals surface area contributed by atoms with Crippen LogP contribution >= 0.6 is 0 Å². The minimum absolute atomic E-state index is 0.182. The van der Waals surface area contributed by atoms with Gasteiger partial charge in [0.2, 0.25) is 0 Å². The molecule has 0 fully saturated rings. The van der Waals surface area contributed by atoms with E-state index in [1.165, 1.54) is 117 Å². The van der Waals surface area contributed by atoms with E-state index in [9.17, 15) is 14.4 Å². The van der Waals surface area contributed by atoms with Gasteiger partial charge in [-0.05, 0) is 20.3 Å². The fourth-order valence-corrected chi connectivity index (χ4v) is 3.91. The smallest absolute Gasteiger partial charge is 0.354 e. The highest BCUT2D eigenvalue weighted by Crippen LogP contribution is 2.15. The van der Waals surface area contributed by atoms with Gasteiger partial charge in [0.05, 0.1) is 0 Å². The van der Waals surface area contributed by atoms with Crippen molar-refractivity contribution in [3.8, 4) is 0 Å². The third-order valence-corrected chi connectivity index (χ3v) is 6.16. The lowest BCUT2D eigenvalue weighted by atomic mass is 10.0. The van der Waals surface area contributed by atoms with E-state index < -0.39 is 30.1 Å². The fraction of sp³-hybridized carbons (Fsp3) is 0.893. The van der Waals surface area contributed by atoms with E-state index >= 15 is 0 Å². The predicted octanol–water partition coefficient (Wildman–Crippen LogP) is 7.19. The van der Waals surface area contributed by atoms with Crippen LogP contribution in [0.5, 0.6) is 0 Å². The average molecular weight is 485 g/mol. The van der Waals surface area contributed by atoms with Gasteiger partial charge in [0, 0.05) is 6.42 Å². The molecule has 0 aromatic rings. The Balaban J connectivity index is 3.38. The fourth-order valence-electron chi connectivity index (χ4n) is 3.91. The maximum absolute atomic E-state index is 11.7. The average Bonchev–Trinajstić information content (AvgIpc) is 2.80. The van der Waals surface area contributed by atoms with Crippen molar-refractivity contribution >= 4 is 17.9 Å². The van der Waals surface area contributed by atoms with Gasteiger partial charge < -0.3 is 14.6 Å². The van der Waals surface area contributed by atoms with Crippen molar-refractivity contribution in [2.24, 2.45) is 0 Å². The summed E-state index contributed by atoms with van der Waals surface area (Å²) in [6, 6.07) is 0. The van der Waals surface area contributed by atoms with Gasteiger partial charge in [-0.1, -0.05) is 122 Å². The van der Waals surface area contributed by atoms with Gasteiger partial charge in [0.15, 0.2) is 6.10 Å². The Morgan fingerprint density at radius 1 is 0.588 bits per heavy atom. The first-order valence-electron chi connectivity index (χ1n) is 14.0. The molecule has 0 spiro atoms. The van der Waals surface area contributed by atoms with Crippen molar-refractivity contribution in [1.29, 1.82) is 0 Å². The molecule has 6 nitrogen and oxygen atoms in total. The largest absolute Gasteiger partial charge is 0.449 e. The van der Waals surface area contributed by atoms with Crippen molar-refractivity contribution < 1.29 is 29.0 Å². The Bertz CT molecular complexity index is 517. The van der Waals surface area contributed by atoms with Crippen LogP contribution in [0, 0.1) is 0 Å². The highest BCUT2D eigenvalue weighted by Gasteiger charge is 2.23. The number of aliphatic hydroxyl groups is 1. The first-order chi connectivity index (χ1) is 16.4. The second-order valence-corrected chi connectivity index (χ2v) is 9.66. The molecule has 0 aliphatic rings. The van der Waals surface area contributed by atoms with Gasteiger partial charge in [-0.25, -0.2) is 9.59 Å². The summed E-state index contributed by atoms with van der Waals surface area (Å²) in [6.07, 6.45) is 22.1. The summed E-state index contributed by atoms with van der Waals surface area (Å²) in [5, 5.41) is 9.07. The lowest BCUT2D eigenvalue weighted by molar-refractivity contribution is -0.176. The molecule has 0 saturated carbocycles. The van der Waals surface area contributed by atoms with Gasteiger partial charge >= 0.3 is 17.9 Å². The molecule has 0 bridgehead atoms. The molecule has 0 rings (SSSR count). The first-order valence-corrected chi connectivity index (χ1v) is 14.0. The van der Waals surface area contributed by atoms with E-state index in [0.29, 0.717) is 6.42 Å². The minimum Gasteiger partial charge on any atom is -0.449 e. The Kier molecular flexibility index (Phi) is 22.3. The summed E-state index contributed by atoms with van der Waals surface area (Å²) < 4.78 is 9.40. The summed E-state index contributed by atoms with van der Waals surface area (Å²) in [4.78, 5) is 34.7. The van der Waals surface area contributed by atoms with Crippen LogP contribution in [-0.2, 0) is 23.9 Å². The molecule has 0 aromatic carbocycles. The topological polar surface area (TPSA) is 89.9 Å². The standard InChI is InChI=1S/C28H52O6/c1-4-5-6-7-8-9-10-11-12-13-14-15-16-17-18-19-20-21-22-23-26(30)34-28(32)25(3)33-27(31)24(2)29/h24-25,29H,4-23H2,1-3H3. The zero-order valence-corrected chi connectivity index (χ0v) is 22.3. The molecule has 1 N–H and O–H groups in total. The van der Waals surface area contributed by atoms with Crippen LogP contribution in [0.1, 0.15) is 149 Å². The second kappa shape index (κ2) is 23.3. The van der Waals surface area contributed by atoms with E-state index in [0.717, 1.165) is 12.8 Å². The van der Waals surface area contributed by atoms with Crippen LogP contribution in [-0.4, -0.2) is 35.2 Å². The van der Waals surface area contributed by atoms with Crippen molar-refractivity contribution in [3.63, 3.8) is 0 Å². The number of rotatable bonds is 23. The lowest BCUT2D eigenvalue weighted by Crippen LogP contribution is -2.31. The molecule has 0 radical (unpaired) electrons. The zero-order valence-electron chi connectivity index (χ0n) is 22.3. The van der Waals surface area contributed by atoms with Crippen molar-refractivity contribution in [1.82, 2.24) is 0 Å². The van der Waals surface area contributed by atoms with E-state index in [1.807, 2.05) is 0 Å².